The van der Waals surface area contributed by atoms with Crippen LogP contribution < -0.4 is 9.47 Å². The average molecular weight is 441 g/mol. The van der Waals surface area contributed by atoms with E-state index in [0.717, 1.165) is 5.56 Å². The standard InChI is InChI=1S/C21H18FNO6.C3H6/c1-26-14-7-8-17(22)16(11-14)18-12-19(29-23-18)21(25)28-15-5-3-4-13(10-15)6-9-20(24)27-2;1-2-3-1/h3-5,7-8,10-12H,6,9H2,1-2H3;1-3H2. The first-order valence-electron chi connectivity index (χ1n) is 10.2. The fourth-order valence-electron chi connectivity index (χ4n) is 2.60. The van der Waals surface area contributed by atoms with Gasteiger partial charge in [0.25, 0.3) is 0 Å². The highest BCUT2D eigenvalue weighted by Gasteiger charge is 2.19. The molecule has 1 aromatic heterocycles. The van der Waals surface area contributed by atoms with Crippen LogP contribution in [0.15, 0.2) is 53.1 Å². The van der Waals surface area contributed by atoms with E-state index in [1.807, 2.05) is 0 Å². The van der Waals surface area contributed by atoms with Crippen LogP contribution in [0.3, 0.4) is 0 Å². The Balaban J connectivity index is 0.000000887. The third kappa shape index (κ3) is 6.66. The summed E-state index contributed by atoms with van der Waals surface area (Å²) in [5.74, 6) is -1.09. The highest BCUT2D eigenvalue weighted by atomic mass is 19.1. The summed E-state index contributed by atoms with van der Waals surface area (Å²) in [6.45, 7) is 0. The third-order valence-corrected chi connectivity index (χ3v) is 4.47. The molecule has 0 N–H and O–H groups in total. The lowest BCUT2D eigenvalue weighted by atomic mass is 10.1. The Morgan fingerprint density at radius 1 is 1.03 bits per heavy atom. The highest BCUT2D eigenvalue weighted by molar-refractivity contribution is 5.89. The second-order valence-corrected chi connectivity index (χ2v) is 7.10. The number of benzene rings is 2. The Bertz CT molecular complexity index is 1070. The lowest BCUT2D eigenvalue weighted by Crippen LogP contribution is -2.07. The molecule has 0 unspecified atom stereocenters. The Morgan fingerprint density at radius 3 is 2.50 bits per heavy atom. The van der Waals surface area contributed by atoms with Crippen LogP contribution >= 0.6 is 0 Å². The molecule has 0 aliphatic heterocycles. The number of nitrogens with zero attached hydrogens (tertiary/aromatic N) is 1. The van der Waals surface area contributed by atoms with E-state index in [4.69, 9.17) is 14.0 Å². The minimum atomic E-state index is -0.780. The molecule has 168 valence electrons. The molecule has 1 heterocycles. The molecule has 0 radical (unpaired) electrons. The summed E-state index contributed by atoms with van der Waals surface area (Å²) in [7, 11) is 2.78. The maximum absolute atomic E-state index is 14.1. The summed E-state index contributed by atoms with van der Waals surface area (Å²) in [4.78, 5) is 23.6. The first kappa shape index (κ1) is 23.0. The number of carbonyl (C=O) groups excluding carboxylic acids is 2. The zero-order valence-corrected chi connectivity index (χ0v) is 17.9. The van der Waals surface area contributed by atoms with Crippen molar-refractivity contribution in [3.63, 3.8) is 0 Å². The van der Waals surface area contributed by atoms with Crippen LogP contribution in [-0.4, -0.2) is 31.3 Å². The van der Waals surface area contributed by atoms with Gasteiger partial charge < -0.3 is 18.7 Å². The molecule has 1 saturated carbocycles. The van der Waals surface area contributed by atoms with Crippen LogP contribution in [0, 0.1) is 5.82 Å². The quantitative estimate of drug-likeness (QED) is 0.377. The molecule has 0 spiro atoms. The van der Waals surface area contributed by atoms with Crippen molar-refractivity contribution < 1.29 is 32.7 Å². The van der Waals surface area contributed by atoms with Gasteiger partial charge in [-0.2, -0.15) is 0 Å². The van der Waals surface area contributed by atoms with Crippen LogP contribution in [0.4, 0.5) is 4.39 Å². The smallest absolute Gasteiger partial charge is 0.382 e. The van der Waals surface area contributed by atoms with E-state index in [1.54, 1.807) is 24.3 Å². The summed E-state index contributed by atoms with van der Waals surface area (Å²) >= 11 is 0. The summed E-state index contributed by atoms with van der Waals surface area (Å²) in [5.41, 5.74) is 1.08. The fourth-order valence-corrected chi connectivity index (χ4v) is 2.60. The number of aryl methyl sites for hydroxylation is 1. The van der Waals surface area contributed by atoms with Gasteiger partial charge in [-0.05, 0) is 42.3 Å². The van der Waals surface area contributed by atoms with Crippen molar-refractivity contribution in [2.45, 2.75) is 32.1 Å². The van der Waals surface area contributed by atoms with Gasteiger partial charge in [-0.15, -0.1) is 0 Å². The number of hydrogen-bond donors (Lipinski definition) is 0. The van der Waals surface area contributed by atoms with Gasteiger partial charge in [0.2, 0.25) is 5.76 Å². The second-order valence-electron chi connectivity index (χ2n) is 7.10. The largest absolute Gasteiger partial charge is 0.497 e. The molecule has 1 aliphatic carbocycles. The number of rotatable bonds is 7. The second kappa shape index (κ2) is 11.1. The van der Waals surface area contributed by atoms with Crippen molar-refractivity contribution in [1.29, 1.82) is 0 Å². The van der Waals surface area contributed by atoms with Gasteiger partial charge in [0.15, 0.2) is 0 Å². The number of carbonyl (C=O) groups is 2. The molecule has 1 fully saturated rings. The van der Waals surface area contributed by atoms with E-state index in [0.29, 0.717) is 12.2 Å². The molecule has 4 rings (SSSR count). The summed E-state index contributed by atoms with van der Waals surface area (Å²) in [5, 5.41) is 3.74. The number of aromatic nitrogens is 1. The number of hydrogen-bond acceptors (Lipinski definition) is 7. The van der Waals surface area contributed by atoms with Crippen molar-refractivity contribution in [3.8, 4) is 22.8 Å². The van der Waals surface area contributed by atoms with Gasteiger partial charge in [0.1, 0.15) is 23.0 Å². The van der Waals surface area contributed by atoms with Crippen molar-refractivity contribution in [2.24, 2.45) is 0 Å². The molecule has 7 nitrogen and oxygen atoms in total. The Morgan fingerprint density at radius 2 is 1.81 bits per heavy atom. The van der Waals surface area contributed by atoms with Crippen LogP contribution in [0.25, 0.3) is 11.3 Å². The number of ether oxygens (including phenoxy) is 3. The molecule has 0 atom stereocenters. The minimum absolute atomic E-state index is 0.136. The molecule has 0 bridgehead atoms. The number of halogens is 1. The van der Waals surface area contributed by atoms with E-state index in [9.17, 15) is 14.0 Å². The molecule has 0 saturated heterocycles. The molecule has 32 heavy (non-hydrogen) atoms. The zero-order valence-electron chi connectivity index (χ0n) is 17.9. The summed E-state index contributed by atoms with van der Waals surface area (Å²) < 4.78 is 34.0. The normalized spacial score (nSPS) is 11.7. The molecule has 2 aromatic carbocycles. The Hall–Kier alpha value is -3.68. The average Bonchev–Trinajstić information content (AvgIpc) is 3.62. The molecular weight excluding hydrogens is 417 g/mol. The van der Waals surface area contributed by atoms with E-state index in [-0.39, 0.29) is 35.2 Å². The molecule has 3 aromatic rings. The van der Waals surface area contributed by atoms with E-state index in [2.05, 4.69) is 9.89 Å². The van der Waals surface area contributed by atoms with E-state index >= 15 is 0 Å². The van der Waals surface area contributed by atoms with E-state index < -0.39 is 11.8 Å². The maximum Gasteiger partial charge on any atom is 0.382 e. The number of methoxy groups -OCH3 is 2. The van der Waals surface area contributed by atoms with Crippen LogP contribution in [0.5, 0.6) is 11.5 Å². The summed E-state index contributed by atoms with van der Waals surface area (Å²) in [6.07, 6.45) is 5.16. The zero-order chi connectivity index (χ0) is 22.9. The summed E-state index contributed by atoms with van der Waals surface area (Å²) in [6, 6.07) is 12.2. The Kier molecular flexibility index (Phi) is 7.96. The van der Waals surface area contributed by atoms with Crippen LogP contribution in [0.1, 0.15) is 41.8 Å². The van der Waals surface area contributed by atoms with Gasteiger partial charge in [0.05, 0.1) is 14.2 Å². The van der Waals surface area contributed by atoms with Gasteiger partial charge >= 0.3 is 11.9 Å². The third-order valence-electron chi connectivity index (χ3n) is 4.47. The predicted octanol–water partition coefficient (Wildman–Crippen LogP) is 4.98. The predicted molar refractivity (Wildman–Crippen MR) is 114 cm³/mol. The first-order valence-corrected chi connectivity index (χ1v) is 10.2. The molecular formula is C24H24FNO6. The van der Waals surface area contributed by atoms with Gasteiger partial charge in [0, 0.05) is 18.1 Å². The minimum Gasteiger partial charge on any atom is -0.497 e. The first-order chi connectivity index (χ1) is 15.5. The van der Waals surface area contributed by atoms with Gasteiger partial charge in [-0.1, -0.05) is 36.6 Å². The highest BCUT2D eigenvalue weighted by Crippen LogP contribution is 2.27. The van der Waals surface area contributed by atoms with Crippen LogP contribution in [-0.2, 0) is 16.0 Å². The SMILES string of the molecule is C1CC1.COC(=O)CCc1cccc(OC(=O)c2cc(-c3cc(OC)ccc3F)no2)c1. The van der Waals surface area contributed by atoms with Crippen LogP contribution in [0.2, 0.25) is 0 Å². The lowest BCUT2D eigenvalue weighted by Gasteiger charge is -2.05. The van der Waals surface area contributed by atoms with Gasteiger partial charge in [-0.3, -0.25) is 4.79 Å². The monoisotopic (exact) mass is 441 g/mol. The Labute approximate surface area is 185 Å². The van der Waals surface area contributed by atoms with Crippen molar-refractivity contribution in [1.82, 2.24) is 5.16 Å². The number of esters is 2. The molecule has 1 aliphatic rings. The molecule has 0 amide bonds. The molecule has 8 heteroatoms. The van der Waals surface area contributed by atoms with Crippen molar-refractivity contribution in [3.05, 3.63) is 65.7 Å². The van der Waals surface area contributed by atoms with Crippen molar-refractivity contribution in [2.75, 3.05) is 14.2 Å². The van der Waals surface area contributed by atoms with Gasteiger partial charge in [-0.25, -0.2) is 9.18 Å². The lowest BCUT2D eigenvalue weighted by molar-refractivity contribution is -0.140. The topological polar surface area (TPSA) is 87.9 Å². The van der Waals surface area contributed by atoms with E-state index in [1.165, 1.54) is 57.7 Å². The maximum atomic E-state index is 14.1. The van der Waals surface area contributed by atoms with Crippen molar-refractivity contribution >= 4 is 11.9 Å². The fraction of sp³-hybridized carbons (Fsp3) is 0.292.